The Labute approximate surface area is 83.1 Å². The molecule has 2 atom stereocenters. The molecule has 0 aliphatic heterocycles. The van der Waals surface area contributed by atoms with Crippen molar-refractivity contribution in [2.45, 2.75) is 38.6 Å². The average Bonchev–Trinajstić information content (AvgIpc) is 2.17. The van der Waals surface area contributed by atoms with E-state index in [1.165, 1.54) is 7.11 Å². The Balaban J connectivity index is 2.71. The zero-order valence-corrected chi connectivity index (χ0v) is 8.56. The lowest BCUT2D eigenvalue weighted by Crippen LogP contribution is -2.35. The van der Waals surface area contributed by atoms with Gasteiger partial charge in [0.1, 0.15) is 0 Å². The second kappa shape index (κ2) is 4.33. The Morgan fingerprint density at radius 1 is 1.71 bits per heavy atom. The quantitative estimate of drug-likeness (QED) is 0.295. The molecule has 0 bridgehead atoms. The summed E-state index contributed by atoms with van der Waals surface area (Å²) in [6.45, 7) is 1.87. The van der Waals surface area contributed by atoms with Gasteiger partial charge < -0.3 is 4.74 Å². The summed E-state index contributed by atoms with van der Waals surface area (Å²) in [6, 6.07) is -0.0575. The normalized spacial score (nSPS) is 31.7. The van der Waals surface area contributed by atoms with Crippen molar-refractivity contribution in [1.82, 2.24) is 0 Å². The number of rotatable bonds is 2. The van der Waals surface area contributed by atoms with Crippen LogP contribution in [0, 0.1) is 5.41 Å². The van der Waals surface area contributed by atoms with Crippen LogP contribution in [0.5, 0.6) is 0 Å². The maximum atomic E-state index is 11.5. The molecule has 0 N–H and O–H groups in total. The third kappa shape index (κ3) is 2.17. The lowest BCUT2D eigenvalue weighted by Gasteiger charge is -2.33. The number of carbonyl (C=O) groups is 1. The summed E-state index contributed by atoms with van der Waals surface area (Å²) in [4.78, 5) is 14.3. The van der Waals surface area contributed by atoms with Crippen LogP contribution in [0.2, 0.25) is 0 Å². The lowest BCUT2D eigenvalue weighted by atomic mass is 9.74. The van der Waals surface area contributed by atoms with E-state index >= 15 is 0 Å². The first-order chi connectivity index (χ1) is 6.62. The number of methoxy groups -OCH3 is 1. The molecule has 0 spiro atoms. The van der Waals surface area contributed by atoms with Crippen LogP contribution in [0.25, 0.3) is 10.4 Å². The molecule has 1 rings (SSSR count). The van der Waals surface area contributed by atoms with Crippen molar-refractivity contribution < 1.29 is 9.53 Å². The average molecular weight is 197 g/mol. The highest BCUT2D eigenvalue weighted by atomic mass is 16.5. The summed E-state index contributed by atoms with van der Waals surface area (Å²) in [5, 5.41) is 3.67. The first-order valence-electron chi connectivity index (χ1n) is 4.75. The van der Waals surface area contributed by atoms with Gasteiger partial charge in [0.25, 0.3) is 0 Å². The molecule has 0 aromatic heterocycles. The predicted molar refractivity (Wildman–Crippen MR) is 51.5 cm³/mol. The Bertz CT molecular complexity index is 273. The second-order valence-electron chi connectivity index (χ2n) is 4.01. The highest BCUT2D eigenvalue weighted by molar-refractivity contribution is 5.76. The van der Waals surface area contributed by atoms with Crippen LogP contribution in [0.4, 0.5) is 0 Å². The predicted octanol–water partition coefficient (Wildman–Crippen LogP) is 2.42. The molecule has 1 aliphatic carbocycles. The molecule has 78 valence electrons. The molecule has 0 radical (unpaired) electrons. The zero-order chi connectivity index (χ0) is 10.6. The SMILES string of the molecule is COC(=O)[C@@]1(C)CCCC(N=[N+]=[N-])C1. The van der Waals surface area contributed by atoms with E-state index in [1.54, 1.807) is 0 Å². The zero-order valence-electron chi connectivity index (χ0n) is 8.56. The van der Waals surface area contributed by atoms with Crippen LogP contribution < -0.4 is 0 Å². The van der Waals surface area contributed by atoms with Crippen LogP contribution >= 0.6 is 0 Å². The molecule has 0 saturated heterocycles. The van der Waals surface area contributed by atoms with Crippen molar-refractivity contribution in [3.05, 3.63) is 10.4 Å². The fourth-order valence-corrected chi connectivity index (χ4v) is 2.06. The van der Waals surface area contributed by atoms with Crippen LogP contribution in [0.3, 0.4) is 0 Å². The molecule has 5 heteroatoms. The number of hydrogen-bond donors (Lipinski definition) is 0. The molecule has 1 aliphatic rings. The van der Waals surface area contributed by atoms with Gasteiger partial charge in [0, 0.05) is 11.0 Å². The molecule has 1 unspecified atom stereocenters. The van der Waals surface area contributed by atoms with Gasteiger partial charge >= 0.3 is 5.97 Å². The Kier molecular flexibility index (Phi) is 3.36. The van der Waals surface area contributed by atoms with Crippen molar-refractivity contribution in [1.29, 1.82) is 0 Å². The smallest absolute Gasteiger partial charge is 0.311 e. The number of hydrogen-bond acceptors (Lipinski definition) is 3. The Morgan fingerprint density at radius 2 is 2.43 bits per heavy atom. The van der Waals surface area contributed by atoms with E-state index in [1.807, 2.05) is 6.92 Å². The molecule has 14 heavy (non-hydrogen) atoms. The molecular weight excluding hydrogens is 182 g/mol. The minimum Gasteiger partial charge on any atom is -0.469 e. The third-order valence-electron chi connectivity index (χ3n) is 2.85. The standard InChI is InChI=1S/C9H15N3O2/c1-9(8(13)14-2)5-3-4-7(6-9)11-12-10/h7H,3-6H2,1-2H3/t7?,9-/m0/s1. The molecule has 0 amide bonds. The van der Waals surface area contributed by atoms with E-state index in [0.717, 1.165) is 19.3 Å². The summed E-state index contributed by atoms with van der Waals surface area (Å²) in [6.07, 6.45) is 3.20. The topological polar surface area (TPSA) is 75.1 Å². The largest absolute Gasteiger partial charge is 0.469 e. The van der Waals surface area contributed by atoms with Crippen LogP contribution in [0.1, 0.15) is 32.6 Å². The maximum absolute atomic E-state index is 11.5. The number of ether oxygens (including phenoxy) is 1. The molecule has 1 saturated carbocycles. The first-order valence-corrected chi connectivity index (χ1v) is 4.75. The molecule has 0 aromatic rings. The van der Waals surface area contributed by atoms with Crippen LogP contribution in [-0.4, -0.2) is 19.1 Å². The van der Waals surface area contributed by atoms with Gasteiger partial charge in [0.2, 0.25) is 0 Å². The number of azide groups is 1. The third-order valence-corrected chi connectivity index (χ3v) is 2.85. The highest BCUT2D eigenvalue weighted by Gasteiger charge is 2.39. The maximum Gasteiger partial charge on any atom is 0.311 e. The second-order valence-corrected chi connectivity index (χ2v) is 4.01. The van der Waals surface area contributed by atoms with E-state index in [4.69, 9.17) is 10.3 Å². The van der Waals surface area contributed by atoms with Crippen LogP contribution in [-0.2, 0) is 9.53 Å². The van der Waals surface area contributed by atoms with Gasteiger partial charge in [-0.25, -0.2) is 0 Å². The van der Waals surface area contributed by atoms with Gasteiger partial charge in [-0.05, 0) is 31.7 Å². The fourth-order valence-electron chi connectivity index (χ4n) is 2.06. The van der Waals surface area contributed by atoms with Gasteiger partial charge in [0.05, 0.1) is 12.5 Å². The molecule has 1 fully saturated rings. The highest BCUT2D eigenvalue weighted by Crippen LogP contribution is 2.38. The lowest BCUT2D eigenvalue weighted by molar-refractivity contribution is -0.153. The molecule has 5 nitrogen and oxygen atoms in total. The summed E-state index contributed by atoms with van der Waals surface area (Å²) in [5.74, 6) is -0.199. The number of carbonyl (C=O) groups excluding carboxylic acids is 1. The monoisotopic (exact) mass is 197 g/mol. The van der Waals surface area contributed by atoms with E-state index in [0.29, 0.717) is 6.42 Å². The number of esters is 1. The van der Waals surface area contributed by atoms with Crippen molar-refractivity contribution >= 4 is 5.97 Å². The van der Waals surface area contributed by atoms with Crippen molar-refractivity contribution in [2.75, 3.05) is 7.11 Å². The fraction of sp³-hybridized carbons (Fsp3) is 0.889. The van der Waals surface area contributed by atoms with Crippen molar-refractivity contribution in [3.8, 4) is 0 Å². The van der Waals surface area contributed by atoms with E-state index < -0.39 is 5.41 Å². The number of nitrogens with zero attached hydrogens (tertiary/aromatic N) is 3. The molecular formula is C9H15N3O2. The van der Waals surface area contributed by atoms with Gasteiger partial charge in [-0.15, -0.1) is 0 Å². The van der Waals surface area contributed by atoms with Gasteiger partial charge in [-0.3, -0.25) is 4.79 Å². The minimum absolute atomic E-state index is 0.0575. The molecule has 0 heterocycles. The Hall–Kier alpha value is -1.22. The van der Waals surface area contributed by atoms with E-state index in [2.05, 4.69) is 10.0 Å². The van der Waals surface area contributed by atoms with Gasteiger partial charge in [-0.2, -0.15) is 0 Å². The van der Waals surface area contributed by atoms with E-state index in [9.17, 15) is 4.79 Å². The molecule has 0 aromatic carbocycles. The summed E-state index contributed by atoms with van der Waals surface area (Å²) in [5.41, 5.74) is 7.86. The van der Waals surface area contributed by atoms with Crippen LogP contribution in [0.15, 0.2) is 5.11 Å². The minimum atomic E-state index is -0.466. The van der Waals surface area contributed by atoms with Gasteiger partial charge in [0.15, 0.2) is 0 Å². The van der Waals surface area contributed by atoms with Gasteiger partial charge in [-0.1, -0.05) is 11.5 Å². The van der Waals surface area contributed by atoms with Crippen molar-refractivity contribution in [2.24, 2.45) is 10.5 Å². The Morgan fingerprint density at radius 3 is 3.00 bits per heavy atom. The summed E-state index contributed by atoms with van der Waals surface area (Å²) >= 11 is 0. The summed E-state index contributed by atoms with van der Waals surface area (Å²) in [7, 11) is 1.39. The van der Waals surface area contributed by atoms with Crippen molar-refractivity contribution in [3.63, 3.8) is 0 Å². The van der Waals surface area contributed by atoms with E-state index in [-0.39, 0.29) is 12.0 Å². The summed E-state index contributed by atoms with van der Waals surface area (Å²) < 4.78 is 4.75. The first kappa shape index (κ1) is 10.9.